The Kier molecular flexibility index (Phi) is 7.59. The average Bonchev–Trinajstić information content (AvgIpc) is 2.76. The highest BCUT2D eigenvalue weighted by Gasteiger charge is 2.09. The first kappa shape index (κ1) is 21.5. The minimum absolute atomic E-state index is 0.104. The van der Waals surface area contributed by atoms with Gasteiger partial charge in [0.15, 0.2) is 0 Å². The summed E-state index contributed by atoms with van der Waals surface area (Å²) in [4.78, 5) is 22.6. The molecule has 30 heavy (non-hydrogen) atoms. The zero-order valence-corrected chi connectivity index (χ0v) is 17.4. The number of nitrogens with zero attached hydrogens (tertiary/aromatic N) is 2. The standard InChI is InChI=1S/C22H18ClN3O3S/c23-21-11-10-20(26(28)29)12-19(21)13-24-25-22(27)18-8-6-17(7-9-18)15-30-14-16-4-2-1-3-5-16/h1-13H,14-15H2,(H,25,27). The molecule has 3 aromatic carbocycles. The molecule has 0 saturated heterocycles. The number of nitro benzene ring substituents is 1. The monoisotopic (exact) mass is 439 g/mol. The van der Waals surface area contributed by atoms with E-state index in [1.165, 1.54) is 30.0 Å². The summed E-state index contributed by atoms with van der Waals surface area (Å²) >= 11 is 7.81. The second-order valence-corrected chi connectivity index (χ2v) is 7.73. The highest BCUT2D eigenvalue weighted by Crippen LogP contribution is 2.20. The Hall–Kier alpha value is -3.16. The van der Waals surface area contributed by atoms with E-state index in [1.54, 1.807) is 23.9 Å². The van der Waals surface area contributed by atoms with Gasteiger partial charge in [0.2, 0.25) is 0 Å². The molecule has 3 aromatic rings. The Labute approximate surface area is 183 Å². The summed E-state index contributed by atoms with van der Waals surface area (Å²) in [6, 6.07) is 21.6. The molecule has 152 valence electrons. The maximum absolute atomic E-state index is 12.2. The van der Waals surface area contributed by atoms with Crippen LogP contribution in [0.3, 0.4) is 0 Å². The van der Waals surface area contributed by atoms with E-state index in [9.17, 15) is 14.9 Å². The van der Waals surface area contributed by atoms with Crippen LogP contribution in [0.4, 0.5) is 5.69 Å². The molecule has 0 spiro atoms. The normalized spacial score (nSPS) is 10.8. The molecule has 6 nitrogen and oxygen atoms in total. The van der Waals surface area contributed by atoms with E-state index in [1.807, 2.05) is 30.3 Å². The number of benzene rings is 3. The lowest BCUT2D eigenvalue weighted by Gasteiger charge is -2.04. The molecule has 0 aliphatic carbocycles. The Morgan fingerprint density at radius 2 is 1.70 bits per heavy atom. The Balaban J connectivity index is 1.53. The summed E-state index contributed by atoms with van der Waals surface area (Å²) < 4.78 is 0. The van der Waals surface area contributed by atoms with E-state index in [2.05, 4.69) is 22.7 Å². The van der Waals surface area contributed by atoms with Crippen LogP contribution in [-0.2, 0) is 11.5 Å². The maximum Gasteiger partial charge on any atom is 0.271 e. The molecule has 0 radical (unpaired) electrons. The Bertz CT molecular complexity index is 1060. The van der Waals surface area contributed by atoms with Gasteiger partial charge in [0.1, 0.15) is 0 Å². The Morgan fingerprint density at radius 1 is 1.03 bits per heavy atom. The van der Waals surface area contributed by atoms with Crippen molar-refractivity contribution in [3.8, 4) is 0 Å². The minimum atomic E-state index is -0.522. The van der Waals surface area contributed by atoms with Crippen LogP contribution < -0.4 is 5.43 Å². The molecule has 0 atom stereocenters. The van der Waals surface area contributed by atoms with Crippen molar-refractivity contribution < 1.29 is 9.72 Å². The smallest absolute Gasteiger partial charge is 0.267 e. The zero-order chi connectivity index (χ0) is 21.3. The van der Waals surface area contributed by atoms with Crippen LogP contribution in [0.15, 0.2) is 77.9 Å². The second-order valence-electron chi connectivity index (χ2n) is 6.34. The van der Waals surface area contributed by atoms with Crippen molar-refractivity contribution in [1.82, 2.24) is 5.43 Å². The fourth-order valence-electron chi connectivity index (χ4n) is 2.58. The first-order chi connectivity index (χ1) is 14.5. The molecule has 0 aliphatic heterocycles. The van der Waals surface area contributed by atoms with Crippen LogP contribution in [-0.4, -0.2) is 17.0 Å². The van der Waals surface area contributed by atoms with Crippen LogP contribution in [0, 0.1) is 10.1 Å². The highest BCUT2D eigenvalue weighted by molar-refractivity contribution is 7.97. The molecule has 0 saturated carbocycles. The summed E-state index contributed by atoms with van der Waals surface area (Å²) in [6.07, 6.45) is 1.28. The number of carbonyl (C=O) groups is 1. The fraction of sp³-hybridized carbons (Fsp3) is 0.0909. The van der Waals surface area contributed by atoms with Gasteiger partial charge in [0.25, 0.3) is 11.6 Å². The van der Waals surface area contributed by atoms with Crippen molar-refractivity contribution in [1.29, 1.82) is 0 Å². The van der Waals surface area contributed by atoms with Gasteiger partial charge in [0.05, 0.1) is 11.1 Å². The number of nitro groups is 1. The number of rotatable bonds is 8. The highest BCUT2D eigenvalue weighted by atomic mass is 35.5. The van der Waals surface area contributed by atoms with Gasteiger partial charge in [-0.05, 0) is 29.3 Å². The van der Waals surface area contributed by atoms with Gasteiger partial charge < -0.3 is 0 Å². The van der Waals surface area contributed by atoms with Crippen molar-refractivity contribution in [2.75, 3.05) is 0 Å². The van der Waals surface area contributed by atoms with Gasteiger partial charge in [-0.2, -0.15) is 16.9 Å². The van der Waals surface area contributed by atoms with Crippen molar-refractivity contribution >= 4 is 41.2 Å². The van der Waals surface area contributed by atoms with Gasteiger partial charge >= 0.3 is 0 Å². The first-order valence-electron chi connectivity index (χ1n) is 9.01. The average molecular weight is 440 g/mol. The van der Waals surface area contributed by atoms with Crippen molar-refractivity contribution in [2.24, 2.45) is 5.10 Å². The third-order valence-corrected chi connectivity index (χ3v) is 5.58. The van der Waals surface area contributed by atoms with Gasteiger partial charge in [-0.15, -0.1) is 0 Å². The predicted molar refractivity (Wildman–Crippen MR) is 121 cm³/mol. The first-order valence-corrected chi connectivity index (χ1v) is 10.5. The molecule has 0 fully saturated rings. The van der Waals surface area contributed by atoms with Crippen LogP contribution in [0.5, 0.6) is 0 Å². The van der Waals surface area contributed by atoms with E-state index < -0.39 is 4.92 Å². The number of carbonyl (C=O) groups excluding carboxylic acids is 1. The Morgan fingerprint density at radius 3 is 2.37 bits per heavy atom. The third-order valence-electron chi connectivity index (χ3n) is 4.16. The number of hydrogen-bond acceptors (Lipinski definition) is 5. The SMILES string of the molecule is O=C(NN=Cc1cc([N+](=O)[O-])ccc1Cl)c1ccc(CSCc2ccccc2)cc1. The lowest BCUT2D eigenvalue weighted by atomic mass is 10.1. The zero-order valence-electron chi connectivity index (χ0n) is 15.8. The summed E-state index contributed by atoms with van der Waals surface area (Å²) in [6.45, 7) is 0. The number of amides is 1. The van der Waals surface area contributed by atoms with Gasteiger partial charge in [0, 0.05) is 39.8 Å². The number of nitrogens with one attached hydrogen (secondary N) is 1. The van der Waals surface area contributed by atoms with Crippen LogP contribution in [0.2, 0.25) is 5.02 Å². The summed E-state index contributed by atoms with van der Waals surface area (Å²) in [7, 11) is 0. The van der Waals surface area contributed by atoms with Crippen LogP contribution >= 0.6 is 23.4 Å². The molecule has 0 aliphatic rings. The molecule has 0 unspecified atom stereocenters. The predicted octanol–water partition coefficient (Wildman–Crippen LogP) is 5.45. The summed E-state index contributed by atoms with van der Waals surface area (Å²) in [5, 5.41) is 15.0. The van der Waals surface area contributed by atoms with Crippen molar-refractivity contribution in [3.63, 3.8) is 0 Å². The molecule has 1 N–H and O–H groups in total. The number of hydrazone groups is 1. The van der Waals surface area contributed by atoms with E-state index in [4.69, 9.17) is 11.6 Å². The van der Waals surface area contributed by atoms with Crippen LogP contribution in [0.25, 0.3) is 0 Å². The van der Waals surface area contributed by atoms with E-state index in [-0.39, 0.29) is 11.6 Å². The number of halogens is 1. The molecule has 1 amide bonds. The number of non-ortho nitro benzene ring substituents is 1. The van der Waals surface area contributed by atoms with E-state index in [0.29, 0.717) is 16.1 Å². The quantitative estimate of drug-likeness (QED) is 0.287. The third kappa shape index (κ3) is 6.17. The number of hydrogen-bond donors (Lipinski definition) is 1. The number of thioether (sulfide) groups is 1. The van der Waals surface area contributed by atoms with Crippen LogP contribution in [0.1, 0.15) is 27.0 Å². The molecular formula is C22H18ClN3O3S. The molecular weight excluding hydrogens is 422 g/mol. The second kappa shape index (κ2) is 10.6. The maximum atomic E-state index is 12.2. The molecule has 0 heterocycles. The molecule has 0 bridgehead atoms. The minimum Gasteiger partial charge on any atom is -0.267 e. The summed E-state index contributed by atoms with van der Waals surface area (Å²) in [5.74, 6) is 1.40. The van der Waals surface area contributed by atoms with Crippen molar-refractivity contribution in [2.45, 2.75) is 11.5 Å². The fourth-order valence-corrected chi connectivity index (χ4v) is 3.71. The van der Waals surface area contributed by atoms with Gasteiger partial charge in [-0.25, -0.2) is 5.43 Å². The molecule has 0 aromatic heterocycles. The lowest BCUT2D eigenvalue weighted by Crippen LogP contribution is -2.17. The molecule has 8 heteroatoms. The van der Waals surface area contributed by atoms with Gasteiger partial charge in [-0.1, -0.05) is 54.1 Å². The van der Waals surface area contributed by atoms with E-state index >= 15 is 0 Å². The van der Waals surface area contributed by atoms with Crippen molar-refractivity contribution in [3.05, 3.63) is 110 Å². The topological polar surface area (TPSA) is 84.6 Å². The summed E-state index contributed by atoms with van der Waals surface area (Å²) in [5.41, 5.74) is 5.51. The molecule has 3 rings (SSSR count). The largest absolute Gasteiger partial charge is 0.271 e. The van der Waals surface area contributed by atoms with Gasteiger partial charge in [-0.3, -0.25) is 14.9 Å². The van der Waals surface area contributed by atoms with E-state index in [0.717, 1.165) is 17.1 Å². The lowest BCUT2D eigenvalue weighted by molar-refractivity contribution is -0.384.